The average Bonchev–Trinajstić information content (AvgIpc) is 3.35. The molecule has 1 aromatic heterocycles. The lowest BCUT2D eigenvalue weighted by Crippen LogP contribution is -2.47. The van der Waals surface area contributed by atoms with Gasteiger partial charge in [-0.2, -0.15) is 4.31 Å². The normalized spacial score (nSPS) is 16.2. The summed E-state index contributed by atoms with van der Waals surface area (Å²) in [5.41, 5.74) is 2.79. The van der Waals surface area contributed by atoms with Crippen LogP contribution in [0, 0.1) is 5.82 Å². The van der Waals surface area contributed by atoms with Crippen LogP contribution in [0.25, 0.3) is 0 Å². The Hall–Kier alpha value is -2.55. The molecule has 1 atom stereocenters. The molecule has 0 radical (unpaired) electrons. The van der Waals surface area contributed by atoms with Crippen LogP contribution < -0.4 is 0 Å². The first kappa shape index (κ1) is 27.5. The molecule has 0 bridgehead atoms. The number of nitrogens with zero attached hydrogens (tertiary/aromatic N) is 2. The van der Waals surface area contributed by atoms with Crippen LogP contribution in [0.1, 0.15) is 68.1 Å². The standard InChI is InChI=1S/C29H35FN2O3S2/c1-5-6-17-31(37(34,35)24-13-9-22(10-14-24)29(2,3)4)20-27(33)32-18-15-26-25(16-19-36-26)28(32)21-7-11-23(30)12-8-21/h7-14,16,19,28H,5-6,15,17-18,20H2,1-4H3. The molecule has 2 aromatic carbocycles. The fourth-order valence-corrected chi connectivity index (χ4v) is 7.06. The molecule has 5 nitrogen and oxygen atoms in total. The highest BCUT2D eigenvalue weighted by molar-refractivity contribution is 7.89. The Kier molecular flexibility index (Phi) is 8.21. The lowest BCUT2D eigenvalue weighted by atomic mass is 9.87. The van der Waals surface area contributed by atoms with E-state index in [0.717, 1.165) is 23.1 Å². The second kappa shape index (κ2) is 11.1. The maximum atomic E-state index is 13.8. The number of carbonyl (C=O) groups excluding carboxylic acids is 1. The summed E-state index contributed by atoms with van der Waals surface area (Å²) in [5.74, 6) is -0.588. The van der Waals surface area contributed by atoms with E-state index in [2.05, 4.69) is 20.8 Å². The Labute approximate surface area is 224 Å². The third kappa shape index (κ3) is 5.97. The number of hydrogen-bond donors (Lipinski definition) is 0. The zero-order chi connectivity index (χ0) is 26.8. The number of amides is 1. The molecule has 0 aliphatic carbocycles. The summed E-state index contributed by atoms with van der Waals surface area (Å²) in [4.78, 5) is 16.9. The van der Waals surface area contributed by atoms with Crippen molar-refractivity contribution in [1.82, 2.24) is 9.21 Å². The molecule has 1 unspecified atom stereocenters. The number of hydrogen-bond acceptors (Lipinski definition) is 4. The lowest BCUT2D eigenvalue weighted by Gasteiger charge is -2.37. The van der Waals surface area contributed by atoms with Crippen LogP contribution in [0.3, 0.4) is 0 Å². The maximum Gasteiger partial charge on any atom is 0.243 e. The van der Waals surface area contributed by atoms with Crippen LogP contribution in [0.4, 0.5) is 4.39 Å². The molecule has 0 saturated heterocycles. The molecule has 1 amide bonds. The Morgan fingerprint density at radius 1 is 1.08 bits per heavy atom. The van der Waals surface area contributed by atoms with Crippen LogP contribution in [-0.4, -0.2) is 43.2 Å². The molecule has 37 heavy (non-hydrogen) atoms. The highest BCUT2D eigenvalue weighted by Crippen LogP contribution is 2.38. The van der Waals surface area contributed by atoms with Crippen molar-refractivity contribution < 1.29 is 17.6 Å². The van der Waals surface area contributed by atoms with Crippen molar-refractivity contribution in [1.29, 1.82) is 0 Å². The van der Waals surface area contributed by atoms with Gasteiger partial charge in [0.15, 0.2) is 0 Å². The van der Waals surface area contributed by atoms with E-state index in [1.807, 2.05) is 30.5 Å². The van der Waals surface area contributed by atoms with Crippen LogP contribution in [0.15, 0.2) is 64.9 Å². The summed E-state index contributed by atoms with van der Waals surface area (Å²) in [7, 11) is -3.87. The van der Waals surface area contributed by atoms with Crippen molar-refractivity contribution in [2.75, 3.05) is 19.6 Å². The van der Waals surface area contributed by atoms with Gasteiger partial charge < -0.3 is 4.90 Å². The van der Waals surface area contributed by atoms with E-state index < -0.39 is 10.0 Å². The lowest BCUT2D eigenvalue weighted by molar-refractivity contribution is -0.133. The molecule has 1 aliphatic rings. The minimum absolute atomic E-state index is 0.0930. The van der Waals surface area contributed by atoms with Gasteiger partial charge in [0.1, 0.15) is 5.82 Å². The fraction of sp³-hybridized carbons (Fsp3) is 0.414. The van der Waals surface area contributed by atoms with Crippen LogP contribution in [0.2, 0.25) is 0 Å². The molecule has 0 saturated carbocycles. The number of benzene rings is 2. The molecule has 0 fully saturated rings. The van der Waals surface area contributed by atoms with E-state index in [1.165, 1.54) is 21.3 Å². The minimum atomic E-state index is -3.87. The van der Waals surface area contributed by atoms with E-state index in [4.69, 9.17) is 0 Å². The van der Waals surface area contributed by atoms with Crippen LogP contribution in [-0.2, 0) is 26.7 Å². The largest absolute Gasteiger partial charge is 0.330 e. The van der Waals surface area contributed by atoms with Crippen LogP contribution in [0.5, 0.6) is 0 Å². The Morgan fingerprint density at radius 2 is 1.76 bits per heavy atom. The van der Waals surface area contributed by atoms with Gasteiger partial charge in [0.05, 0.1) is 17.5 Å². The van der Waals surface area contributed by atoms with E-state index in [-0.39, 0.29) is 41.2 Å². The topological polar surface area (TPSA) is 57.7 Å². The number of thiophene rings is 1. The Balaban J connectivity index is 1.63. The summed E-state index contributed by atoms with van der Waals surface area (Å²) in [6.45, 7) is 8.76. The van der Waals surface area contributed by atoms with Gasteiger partial charge in [-0.1, -0.05) is 58.4 Å². The summed E-state index contributed by atoms with van der Waals surface area (Å²) >= 11 is 1.65. The van der Waals surface area contributed by atoms with Gasteiger partial charge in [-0.05, 0) is 70.7 Å². The second-order valence-electron chi connectivity index (χ2n) is 10.6. The van der Waals surface area contributed by atoms with Gasteiger partial charge in [0.25, 0.3) is 0 Å². The van der Waals surface area contributed by atoms with Crippen molar-refractivity contribution in [2.45, 2.75) is 63.3 Å². The van der Waals surface area contributed by atoms with E-state index in [1.54, 1.807) is 40.5 Å². The van der Waals surface area contributed by atoms with E-state index >= 15 is 0 Å². The first-order valence-electron chi connectivity index (χ1n) is 12.7. The van der Waals surface area contributed by atoms with Gasteiger partial charge in [0.2, 0.25) is 15.9 Å². The first-order valence-corrected chi connectivity index (χ1v) is 15.1. The zero-order valence-corrected chi connectivity index (χ0v) is 23.5. The minimum Gasteiger partial charge on any atom is -0.330 e. The molecule has 4 rings (SSSR count). The quantitative estimate of drug-likeness (QED) is 0.343. The second-order valence-corrected chi connectivity index (χ2v) is 13.5. The number of rotatable bonds is 8. The molecule has 0 spiro atoms. The summed E-state index contributed by atoms with van der Waals surface area (Å²) in [6, 6.07) is 14.8. The molecule has 198 valence electrons. The number of halogens is 1. The SMILES string of the molecule is CCCCN(CC(=O)N1CCc2sccc2C1c1ccc(F)cc1)S(=O)(=O)c1ccc(C(C)(C)C)cc1. The molecule has 0 N–H and O–H groups in total. The van der Waals surface area contributed by atoms with Crippen molar-refractivity contribution in [3.05, 3.63) is 87.4 Å². The molecular formula is C29H35FN2O3S2. The third-order valence-electron chi connectivity index (χ3n) is 6.90. The van der Waals surface area contributed by atoms with Crippen molar-refractivity contribution in [3.63, 3.8) is 0 Å². The molecule has 8 heteroatoms. The predicted molar refractivity (Wildman–Crippen MR) is 147 cm³/mol. The van der Waals surface area contributed by atoms with Gasteiger partial charge in [-0.25, -0.2) is 12.8 Å². The monoisotopic (exact) mass is 542 g/mol. The summed E-state index contributed by atoms with van der Waals surface area (Å²) < 4.78 is 42.3. The van der Waals surface area contributed by atoms with Gasteiger partial charge in [-0.15, -0.1) is 11.3 Å². The predicted octanol–water partition coefficient (Wildman–Crippen LogP) is 6.15. The van der Waals surface area contributed by atoms with Gasteiger partial charge >= 0.3 is 0 Å². The maximum absolute atomic E-state index is 13.8. The van der Waals surface area contributed by atoms with Crippen molar-refractivity contribution >= 4 is 27.3 Å². The number of fused-ring (bicyclic) bond motifs is 1. The highest BCUT2D eigenvalue weighted by atomic mass is 32.2. The number of unbranched alkanes of at least 4 members (excludes halogenated alkanes) is 1. The van der Waals surface area contributed by atoms with Gasteiger partial charge in [0, 0.05) is 18.0 Å². The zero-order valence-electron chi connectivity index (χ0n) is 21.9. The summed E-state index contributed by atoms with van der Waals surface area (Å²) in [5, 5.41) is 2.01. The summed E-state index contributed by atoms with van der Waals surface area (Å²) in [6.07, 6.45) is 2.18. The molecule has 3 aromatic rings. The van der Waals surface area contributed by atoms with Gasteiger partial charge in [-0.3, -0.25) is 4.79 Å². The molecular weight excluding hydrogens is 507 g/mol. The molecule has 1 aliphatic heterocycles. The van der Waals surface area contributed by atoms with Crippen LogP contribution >= 0.6 is 11.3 Å². The smallest absolute Gasteiger partial charge is 0.243 e. The first-order chi connectivity index (χ1) is 17.5. The fourth-order valence-electron chi connectivity index (χ4n) is 4.73. The van der Waals surface area contributed by atoms with E-state index in [0.29, 0.717) is 19.4 Å². The molecule has 2 heterocycles. The Morgan fingerprint density at radius 3 is 2.38 bits per heavy atom. The number of sulfonamides is 1. The Bertz CT molecular complexity index is 1330. The van der Waals surface area contributed by atoms with Crippen molar-refractivity contribution in [3.8, 4) is 0 Å². The van der Waals surface area contributed by atoms with E-state index in [9.17, 15) is 17.6 Å². The highest BCUT2D eigenvalue weighted by Gasteiger charge is 2.35. The third-order valence-corrected chi connectivity index (χ3v) is 9.76. The van der Waals surface area contributed by atoms with Crippen molar-refractivity contribution in [2.24, 2.45) is 0 Å². The number of carbonyl (C=O) groups is 1. The average molecular weight is 543 g/mol.